The van der Waals surface area contributed by atoms with E-state index in [0.717, 1.165) is 5.56 Å². The largest absolute Gasteiger partial charge is 0.493 e. The first-order valence-electron chi connectivity index (χ1n) is 7.67. The third-order valence-electron chi connectivity index (χ3n) is 3.32. The first-order chi connectivity index (χ1) is 12.4. The van der Waals surface area contributed by atoms with Crippen LogP contribution in [0.4, 0.5) is 0 Å². The Morgan fingerprint density at radius 3 is 2.58 bits per heavy atom. The quantitative estimate of drug-likeness (QED) is 0.723. The van der Waals surface area contributed by atoms with E-state index in [9.17, 15) is 9.59 Å². The summed E-state index contributed by atoms with van der Waals surface area (Å²) in [4.78, 5) is 22.3. The second-order valence-electron chi connectivity index (χ2n) is 5.37. The summed E-state index contributed by atoms with van der Waals surface area (Å²) in [5.41, 5.74) is 1.22. The average Bonchev–Trinajstić information content (AvgIpc) is 2.59. The molecule has 1 amide bonds. The van der Waals surface area contributed by atoms with Crippen molar-refractivity contribution in [2.75, 3.05) is 7.11 Å². The average molecular weight is 376 g/mol. The molecule has 0 unspecified atom stereocenters. The maximum Gasteiger partial charge on any atom is 0.352 e. The predicted molar refractivity (Wildman–Crippen MR) is 98.2 cm³/mol. The van der Waals surface area contributed by atoms with E-state index in [-0.39, 0.29) is 5.70 Å². The van der Waals surface area contributed by atoms with Gasteiger partial charge in [0.1, 0.15) is 12.3 Å². The topological polar surface area (TPSA) is 84.9 Å². The molecule has 0 atom stereocenters. The Bertz CT molecular complexity index is 848. The van der Waals surface area contributed by atoms with Gasteiger partial charge in [0.05, 0.1) is 7.11 Å². The lowest BCUT2D eigenvalue weighted by atomic mass is 10.1. The zero-order valence-corrected chi connectivity index (χ0v) is 15.0. The lowest BCUT2D eigenvalue weighted by molar-refractivity contribution is -0.134. The van der Waals surface area contributed by atoms with Crippen LogP contribution in [-0.2, 0) is 16.2 Å². The zero-order valence-electron chi connectivity index (χ0n) is 14.3. The third kappa shape index (κ3) is 5.53. The number of carboxylic acids is 1. The van der Waals surface area contributed by atoms with Gasteiger partial charge in [-0.05, 0) is 41.5 Å². The predicted octanol–water partition coefficient (Wildman–Crippen LogP) is 3.49. The molecule has 136 valence electrons. The number of carbonyl (C=O) groups excluding carboxylic acids is 1. The van der Waals surface area contributed by atoms with Crippen molar-refractivity contribution in [2.45, 2.75) is 13.5 Å². The van der Waals surface area contributed by atoms with Crippen molar-refractivity contribution in [3.63, 3.8) is 0 Å². The van der Waals surface area contributed by atoms with E-state index in [2.05, 4.69) is 5.32 Å². The van der Waals surface area contributed by atoms with Crippen LogP contribution in [0.25, 0.3) is 6.08 Å². The highest BCUT2D eigenvalue weighted by molar-refractivity contribution is 6.30. The molecule has 0 bridgehead atoms. The molecule has 7 heteroatoms. The molecule has 0 saturated carbocycles. The van der Waals surface area contributed by atoms with Gasteiger partial charge in [0, 0.05) is 11.9 Å². The Balaban J connectivity index is 2.20. The van der Waals surface area contributed by atoms with E-state index in [1.54, 1.807) is 30.3 Å². The van der Waals surface area contributed by atoms with Gasteiger partial charge in [-0.25, -0.2) is 4.79 Å². The van der Waals surface area contributed by atoms with Gasteiger partial charge in [0.25, 0.3) is 0 Å². The molecule has 2 aromatic rings. The van der Waals surface area contributed by atoms with Crippen LogP contribution in [0.3, 0.4) is 0 Å². The van der Waals surface area contributed by atoms with Gasteiger partial charge in [0.2, 0.25) is 5.91 Å². The van der Waals surface area contributed by atoms with E-state index in [1.165, 1.54) is 20.1 Å². The van der Waals surface area contributed by atoms with Crippen LogP contribution in [0.2, 0.25) is 5.02 Å². The van der Waals surface area contributed by atoms with Crippen molar-refractivity contribution in [3.8, 4) is 11.5 Å². The molecule has 0 spiro atoms. The molecule has 0 heterocycles. The first kappa shape index (κ1) is 19.3. The fraction of sp³-hybridized carbons (Fsp3) is 0.158. The van der Waals surface area contributed by atoms with Gasteiger partial charge < -0.3 is 19.9 Å². The lowest BCUT2D eigenvalue weighted by Gasteiger charge is -2.12. The molecular weight excluding hydrogens is 358 g/mol. The molecule has 0 aromatic heterocycles. The highest BCUT2D eigenvalue weighted by Gasteiger charge is 2.11. The van der Waals surface area contributed by atoms with Gasteiger partial charge in [0.15, 0.2) is 11.5 Å². The summed E-state index contributed by atoms with van der Waals surface area (Å²) in [6.07, 6.45) is 1.34. The smallest absolute Gasteiger partial charge is 0.352 e. The van der Waals surface area contributed by atoms with Gasteiger partial charge in [-0.15, -0.1) is 0 Å². The molecule has 2 N–H and O–H groups in total. The minimum atomic E-state index is -1.24. The van der Waals surface area contributed by atoms with Crippen molar-refractivity contribution < 1.29 is 24.2 Å². The van der Waals surface area contributed by atoms with Crippen LogP contribution in [0.5, 0.6) is 11.5 Å². The Kier molecular flexibility index (Phi) is 6.63. The minimum absolute atomic E-state index is 0.229. The molecule has 2 rings (SSSR count). The summed E-state index contributed by atoms with van der Waals surface area (Å²) in [5.74, 6) is -0.762. The standard InChI is InChI=1S/C19H18ClNO5/c1-12(22)21-16(19(23)24)9-13-6-7-17(18(10-13)25-2)26-11-14-4-3-5-15(20)8-14/h3-10H,11H2,1-2H3,(H,21,22)(H,23,24)/b16-9+. The molecule has 0 aliphatic rings. The van der Waals surface area contributed by atoms with E-state index in [4.69, 9.17) is 26.2 Å². The monoisotopic (exact) mass is 375 g/mol. The molecule has 0 aliphatic carbocycles. The van der Waals surface area contributed by atoms with Crippen LogP contribution < -0.4 is 14.8 Å². The summed E-state index contributed by atoms with van der Waals surface area (Å²) in [7, 11) is 1.49. The van der Waals surface area contributed by atoms with Gasteiger partial charge in [-0.3, -0.25) is 4.79 Å². The number of ether oxygens (including phenoxy) is 2. The number of halogens is 1. The number of carbonyl (C=O) groups is 2. The number of hydrogen-bond donors (Lipinski definition) is 2. The molecule has 26 heavy (non-hydrogen) atoms. The number of aliphatic carboxylic acids is 1. The summed E-state index contributed by atoms with van der Waals surface area (Å²) in [5, 5.41) is 12.0. The SMILES string of the molecule is COc1cc(/C=C(/NC(C)=O)C(=O)O)ccc1OCc1cccc(Cl)c1. The number of nitrogens with one attached hydrogen (secondary N) is 1. The molecule has 0 aliphatic heterocycles. The van der Waals surface area contributed by atoms with E-state index >= 15 is 0 Å². The van der Waals surface area contributed by atoms with E-state index in [0.29, 0.717) is 28.7 Å². The van der Waals surface area contributed by atoms with Crippen LogP contribution in [0.15, 0.2) is 48.2 Å². The summed E-state index contributed by atoms with van der Waals surface area (Å²) < 4.78 is 11.1. The van der Waals surface area contributed by atoms with Crippen LogP contribution in [-0.4, -0.2) is 24.1 Å². The highest BCUT2D eigenvalue weighted by atomic mass is 35.5. The van der Waals surface area contributed by atoms with Crippen molar-refractivity contribution in [2.24, 2.45) is 0 Å². The maximum absolute atomic E-state index is 11.2. The lowest BCUT2D eigenvalue weighted by Crippen LogP contribution is -2.24. The fourth-order valence-electron chi connectivity index (χ4n) is 2.19. The number of methoxy groups -OCH3 is 1. The van der Waals surface area contributed by atoms with E-state index in [1.807, 2.05) is 12.1 Å². The second-order valence-corrected chi connectivity index (χ2v) is 5.81. The number of amides is 1. The third-order valence-corrected chi connectivity index (χ3v) is 3.56. The van der Waals surface area contributed by atoms with Crippen LogP contribution in [0.1, 0.15) is 18.1 Å². The second kappa shape index (κ2) is 8.92. The number of carboxylic acid groups (broad SMARTS) is 1. The molecule has 2 aromatic carbocycles. The summed E-state index contributed by atoms with van der Waals surface area (Å²) >= 11 is 5.95. The molecule has 0 radical (unpaired) electrons. The van der Waals surface area contributed by atoms with E-state index < -0.39 is 11.9 Å². The maximum atomic E-state index is 11.2. The Labute approximate surface area is 156 Å². The number of benzene rings is 2. The van der Waals surface area contributed by atoms with Gasteiger partial charge in [-0.1, -0.05) is 29.8 Å². The van der Waals surface area contributed by atoms with Crippen LogP contribution in [0, 0.1) is 0 Å². The van der Waals surface area contributed by atoms with Crippen molar-refractivity contribution in [1.29, 1.82) is 0 Å². The Morgan fingerprint density at radius 2 is 1.96 bits per heavy atom. The van der Waals surface area contributed by atoms with Crippen molar-refractivity contribution >= 4 is 29.6 Å². The highest BCUT2D eigenvalue weighted by Crippen LogP contribution is 2.29. The Hall–Kier alpha value is -2.99. The van der Waals surface area contributed by atoms with Crippen molar-refractivity contribution in [1.82, 2.24) is 5.32 Å². The summed E-state index contributed by atoms with van der Waals surface area (Å²) in [6, 6.07) is 12.3. The molecular formula is C19H18ClNO5. The molecule has 0 fully saturated rings. The van der Waals surface area contributed by atoms with Gasteiger partial charge in [-0.2, -0.15) is 0 Å². The first-order valence-corrected chi connectivity index (χ1v) is 8.04. The summed E-state index contributed by atoms with van der Waals surface area (Å²) in [6.45, 7) is 1.54. The Morgan fingerprint density at radius 1 is 1.19 bits per heavy atom. The normalized spacial score (nSPS) is 11.0. The zero-order chi connectivity index (χ0) is 19.1. The fourth-order valence-corrected chi connectivity index (χ4v) is 2.40. The van der Waals surface area contributed by atoms with Crippen molar-refractivity contribution in [3.05, 3.63) is 64.3 Å². The van der Waals surface area contributed by atoms with Gasteiger partial charge >= 0.3 is 5.97 Å². The molecule has 0 saturated heterocycles. The van der Waals surface area contributed by atoms with Crippen LogP contribution >= 0.6 is 11.6 Å². The molecule has 6 nitrogen and oxygen atoms in total. The number of rotatable bonds is 7. The number of hydrogen-bond acceptors (Lipinski definition) is 4. The minimum Gasteiger partial charge on any atom is -0.493 e.